The highest BCUT2D eigenvalue weighted by Crippen LogP contribution is 2.17. The number of ether oxygens (including phenoxy) is 1. The Kier molecular flexibility index (Phi) is 5.56. The maximum atomic E-state index is 12.0. The Hall–Kier alpha value is -3.54. The molecule has 138 valence electrons. The van der Waals surface area contributed by atoms with E-state index in [0.717, 1.165) is 5.56 Å². The van der Waals surface area contributed by atoms with Gasteiger partial charge in [-0.25, -0.2) is 0 Å². The summed E-state index contributed by atoms with van der Waals surface area (Å²) in [6.07, 6.45) is 1.44. The summed E-state index contributed by atoms with van der Waals surface area (Å²) in [4.78, 5) is 23.9. The third-order valence-electron chi connectivity index (χ3n) is 4.02. The molecule has 2 N–H and O–H groups in total. The number of hydrogen-bond acceptors (Lipinski definition) is 4. The Morgan fingerprint density at radius 2 is 1.63 bits per heavy atom. The normalized spacial score (nSPS) is 10.3. The molecule has 0 atom stereocenters. The molecule has 0 spiro atoms. The molecule has 3 aromatic rings. The zero-order valence-corrected chi connectivity index (χ0v) is 15.1. The monoisotopic (exact) mass is 364 g/mol. The third kappa shape index (κ3) is 4.98. The van der Waals surface area contributed by atoms with Crippen LogP contribution in [0.1, 0.15) is 21.7 Å². The fourth-order valence-electron chi connectivity index (χ4n) is 2.39. The molecule has 0 fully saturated rings. The molecule has 2 aromatic carbocycles. The van der Waals surface area contributed by atoms with Gasteiger partial charge in [-0.2, -0.15) is 0 Å². The van der Waals surface area contributed by atoms with E-state index in [0.29, 0.717) is 17.1 Å². The van der Waals surface area contributed by atoms with Crippen LogP contribution in [0.5, 0.6) is 5.75 Å². The number of rotatable bonds is 6. The molecular formula is C21H20N2O4. The molecule has 6 heteroatoms. The molecule has 0 saturated heterocycles. The van der Waals surface area contributed by atoms with Gasteiger partial charge in [0.2, 0.25) is 0 Å². The van der Waals surface area contributed by atoms with Crippen molar-refractivity contribution in [1.29, 1.82) is 0 Å². The van der Waals surface area contributed by atoms with Crippen molar-refractivity contribution in [3.05, 3.63) is 77.7 Å². The summed E-state index contributed by atoms with van der Waals surface area (Å²) in [5.74, 6) is 0.291. The van der Waals surface area contributed by atoms with Crippen LogP contribution in [0.2, 0.25) is 0 Å². The number of carbonyl (C=O) groups excluding carboxylic acids is 2. The van der Waals surface area contributed by atoms with Crippen molar-refractivity contribution in [1.82, 2.24) is 0 Å². The van der Waals surface area contributed by atoms with Crippen LogP contribution >= 0.6 is 0 Å². The quantitative estimate of drug-likeness (QED) is 0.688. The molecule has 1 heterocycles. The summed E-state index contributed by atoms with van der Waals surface area (Å²) in [5, 5.41) is 5.46. The zero-order valence-electron chi connectivity index (χ0n) is 15.1. The number of carbonyl (C=O) groups is 2. The highest BCUT2D eigenvalue weighted by molar-refractivity contribution is 6.02. The molecule has 0 radical (unpaired) electrons. The predicted octanol–water partition coefficient (Wildman–Crippen LogP) is 4.17. The number of benzene rings is 2. The SMILES string of the molecule is Cc1ccc(OCC(=O)Nc2ccc(NC(=O)c3ccco3)cc2)cc1C. The first-order valence-corrected chi connectivity index (χ1v) is 8.46. The lowest BCUT2D eigenvalue weighted by Crippen LogP contribution is -2.20. The minimum atomic E-state index is -0.335. The summed E-state index contributed by atoms with van der Waals surface area (Å²) >= 11 is 0. The lowest BCUT2D eigenvalue weighted by molar-refractivity contribution is -0.118. The number of amides is 2. The van der Waals surface area contributed by atoms with E-state index in [-0.39, 0.29) is 24.2 Å². The van der Waals surface area contributed by atoms with Crippen LogP contribution in [0.4, 0.5) is 11.4 Å². The van der Waals surface area contributed by atoms with Gasteiger partial charge in [0, 0.05) is 11.4 Å². The molecule has 0 bridgehead atoms. The second-order valence-corrected chi connectivity index (χ2v) is 6.09. The fourth-order valence-corrected chi connectivity index (χ4v) is 2.39. The first kappa shape index (κ1) is 18.3. The molecule has 27 heavy (non-hydrogen) atoms. The van der Waals surface area contributed by atoms with E-state index in [9.17, 15) is 9.59 Å². The Balaban J connectivity index is 1.50. The standard InChI is InChI=1S/C21H20N2O4/c1-14-5-10-18(12-15(14)2)27-13-20(24)22-16-6-8-17(9-7-16)23-21(25)19-4-3-11-26-19/h3-12H,13H2,1-2H3,(H,22,24)(H,23,25). The molecule has 0 aliphatic carbocycles. The second-order valence-electron chi connectivity index (χ2n) is 6.09. The van der Waals surface area contributed by atoms with Crippen molar-refractivity contribution in [2.45, 2.75) is 13.8 Å². The average molecular weight is 364 g/mol. The van der Waals surface area contributed by atoms with E-state index in [1.165, 1.54) is 11.8 Å². The topological polar surface area (TPSA) is 80.6 Å². The van der Waals surface area contributed by atoms with Crippen molar-refractivity contribution >= 4 is 23.2 Å². The summed E-state index contributed by atoms with van der Waals surface area (Å²) in [7, 11) is 0. The molecule has 0 aliphatic rings. The first-order valence-electron chi connectivity index (χ1n) is 8.46. The predicted molar refractivity (Wildman–Crippen MR) is 103 cm³/mol. The van der Waals surface area contributed by atoms with Gasteiger partial charge >= 0.3 is 0 Å². The summed E-state index contributed by atoms with van der Waals surface area (Å²) in [6.45, 7) is 3.93. The molecule has 6 nitrogen and oxygen atoms in total. The van der Waals surface area contributed by atoms with Crippen LogP contribution in [0.15, 0.2) is 65.3 Å². The van der Waals surface area contributed by atoms with Crippen molar-refractivity contribution in [3.63, 3.8) is 0 Å². The van der Waals surface area contributed by atoms with E-state index in [1.54, 1.807) is 36.4 Å². The zero-order chi connectivity index (χ0) is 19.2. The summed E-state index contributed by atoms with van der Waals surface area (Å²) in [6, 6.07) is 15.7. The number of aryl methyl sites for hydroxylation is 2. The van der Waals surface area contributed by atoms with E-state index in [1.807, 2.05) is 32.0 Å². The maximum absolute atomic E-state index is 12.0. The number of anilines is 2. The fraction of sp³-hybridized carbons (Fsp3) is 0.143. The van der Waals surface area contributed by atoms with Crippen LogP contribution in [-0.2, 0) is 4.79 Å². The van der Waals surface area contributed by atoms with Gasteiger partial charge in [-0.1, -0.05) is 6.07 Å². The lowest BCUT2D eigenvalue weighted by Gasteiger charge is -2.10. The smallest absolute Gasteiger partial charge is 0.291 e. The lowest BCUT2D eigenvalue weighted by atomic mass is 10.1. The van der Waals surface area contributed by atoms with Crippen molar-refractivity contribution in [2.75, 3.05) is 17.2 Å². The van der Waals surface area contributed by atoms with E-state index in [4.69, 9.17) is 9.15 Å². The molecular weight excluding hydrogens is 344 g/mol. The number of furan rings is 1. The molecule has 2 amide bonds. The van der Waals surface area contributed by atoms with Gasteiger partial charge in [-0.15, -0.1) is 0 Å². The Labute approximate surface area is 157 Å². The largest absolute Gasteiger partial charge is 0.484 e. The number of hydrogen-bond donors (Lipinski definition) is 2. The van der Waals surface area contributed by atoms with Crippen molar-refractivity contribution < 1.29 is 18.7 Å². The van der Waals surface area contributed by atoms with Gasteiger partial charge in [0.05, 0.1) is 6.26 Å². The number of nitrogens with one attached hydrogen (secondary N) is 2. The van der Waals surface area contributed by atoms with E-state index in [2.05, 4.69) is 10.6 Å². The van der Waals surface area contributed by atoms with Crippen molar-refractivity contribution in [2.24, 2.45) is 0 Å². The van der Waals surface area contributed by atoms with Gasteiger partial charge in [0.1, 0.15) is 5.75 Å². The van der Waals surface area contributed by atoms with Gasteiger partial charge in [-0.3, -0.25) is 9.59 Å². The van der Waals surface area contributed by atoms with Crippen molar-refractivity contribution in [3.8, 4) is 5.75 Å². The van der Waals surface area contributed by atoms with Gasteiger partial charge in [0.15, 0.2) is 12.4 Å². The molecule has 0 unspecified atom stereocenters. The van der Waals surface area contributed by atoms with Gasteiger partial charge in [-0.05, 0) is 73.5 Å². The Morgan fingerprint density at radius 3 is 2.26 bits per heavy atom. The first-order chi connectivity index (χ1) is 13.0. The van der Waals surface area contributed by atoms with Gasteiger partial charge in [0.25, 0.3) is 11.8 Å². The van der Waals surface area contributed by atoms with Crippen LogP contribution in [0.3, 0.4) is 0 Å². The average Bonchev–Trinajstić information content (AvgIpc) is 3.19. The van der Waals surface area contributed by atoms with E-state index < -0.39 is 0 Å². The Morgan fingerprint density at radius 1 is 0.926 bits per heavy atom. The molecule has 0 aliphatic heterocycles. The van der Waals surface area contributed by atoms with Crippen LogP contribution < -0.4 is 15.4 Å². The highest BCUT2D eigenvalue weighted by Gasteiger charge is 2.09. The minimum Gasteiger partial charge on any atom is -0.484 e. The Bertz CT molecular complexity index is 931. The molecule has 1 aromatic heterocycles. The highest BCUT2D eigenvalue weighted by atomic mass is 16.5. The molecule has 0 saturated carbocycles. The van der Waals surface area contributed by atoms with Crippen LogP contribution in [0.25, 0.3) is 0 Å². The summed E-state index contributed by atoms with van der Waals surface area (Å²) < 4.78 is 10.6. The minimum absolute atomic E-state index is 0.0838. The van der Waals surface area contributed by atoms with Crippen LogP contribution in [-0.4, -0.2) is 18.4 Å². The van der Waals surface area contributed by atoms with Gasteiger partial charge < -0.3 is 19.8 Å². The third-order valence-corrected chi connectivity index (χ3v) is 4.02. The van der Waals surface area contributed by atoms with Crippen LogP contribution in [0, 0.1) is 13.8 Å². The molecule has 3 rings (SSSR count). The maximum Gasteiger partial charge on any atom is 0.291 e. The summed E-state index contributed by atoms with van der Waals surface area (Å²) in [5.41, 5.74) is 3.49. The second kappa shape index (κ2) is 8.23. The van der Waals surface area contributed by atoms with E-state index >= 15 is 0 Å².